The number of aromatic nitrogens is 1. The minimum atomic E-state index is -4.02. The van der Waals surface area contributed by atoms with Gasteiger partial charge in [0.25, 0.3) is 10.1 Å². The number of rotatable bonds is 1. The van der Waals surface area contributed by atoms with Crippen LogP contribution in [-0.2, 0) is 10.1 Å². The van der Waals surface area contributed by atoms with Crippen LogP contribution >= 0.6 is 0 Å². The summed E-state index contributed by atoms with van der Waals surface area (Å²) in [5.74, 6) is 0.239. The summed E-state index contributed by atoms with van der Waals surface area (Å²) >= 11 is 0. The lowest BCUT2D eigenvalue weighted by Gasteiger charge is -1.96. The molecular weight excluding hydrogens is 302 g/mol. The number of aromatic hydroxyl groups is 1. The standard InChI is InChI=1S/C9H7NO.C7H8O3S/c11-8-5-1-3-7-4-2-6-10-9(7)8;1-6-2-4-7(5-3-6)11(8,9)10/h1-6,11H;2-5H,1H3,(H,8,9,10). The number of aryl methyl sites for hydroxylation is 1. The van der Waals surface area contributed by atoms with Crippen LogP contribution in [0.15, 0.2) is 65.7 Å². The number of phenolic OH excluding ortho intramolecular Hbond substituents is 1. The smallest absolute Gasteiger partial charge is 0.294 e. The number of hydrogen-bond acceptors (Lipinski definition) is 4. The molecule has 0 unspecified atom stereocenters. The van der Waals surface area contributed by atoms with Crippen LogP contribution in [0, 0.1) is 6.92 Å². The first-order valence-corrected chi connectivity index (χ1v) is 7.89. The zero-order chi connectivity index (χ0) is 16.2. The molecular formula is C16H15NO4S. The van der Waals surface area contributed by atoms with Crippen LogP contribution in [0.25, 0.3) is 10.9 Å². The quantitative estimate of drug-likeness (QED) is 0.673. The van der Waals surface area contributed by atoms with E-state index in [-0.39, 0.29) is 10.6 Å². The molecule has 3 aromatic rings. The second kappa shape index (κ2) is 6.55. The van der Waals surface area contributed by atoms with Crippen molar-refractivity contribution in [1.29, 1.82) is 0 Å². The molecule has 0 radical (unpaired) electrons. The van der Waals surface area contributed by atoms with Crippen molar-refractivity contribution in [3.8, 4) is 5.75 Å². The topological polar surface area (TPSA) is 87.5 Å². The first-order valence-electron chi connectivity index (χ1n) is 6.45. The zero-order valence-corrected chi connectivity index (χ0v) is 12.7. The van der Waals surface area contributed by atoms with E-state index in [0.29, 0.717) is 5.52 Å². The molecule has 0 saturated heterocycles. The van der Waals surface area contributed by atoms with Gasteiger partial charge in [-0.25, -0.2) is 0 Å². The van der Waals surface area contributed by atoms with E-state index in [2.05, 4.69) is 4.98 Å². The molecule has 0 fully saturated rings. The first-order chi connectivity index (χ1) is 10.4. The summed E-state index contributed by atoms with van der Waals surface area (Å²) in [5, 5.41) is 10.3. The number of hydrogen-bond donors (Lipinski definition) is 2. The molecule has 0 atom stereocenters. The van der Waals surface area contributed by atoms with Gasteiger partial charge in [-0.05, 0) is 31.2 Å². The van der Waals surface area contributed by atoms with Crippen molar-refractivity contribution in [2.75, 3.05) is 0 Å². The lowest BCUT2D eigenvalue weighted by Crippen LogP contribution is -1.96. The van der Waals surface area contributed by atoms with E-state index < -0.39 is 10.1 Å². The number of nitrogens with zero attached hydrogens (tertiary/aromatic N) is 1. The van der Waals surface area contributed by atoms with Gasteiger partial charge in [0.15, 0.2) is 0 Å². The summed E-state index contributed by atoms with van der Waals surface area (Å²) in [6.07, 6.45) is 1.67. The van der Waals surface area contributed by atoms with Crippen molar-refractivity contribution >= 4 is 21.0 Å². The molecule has 0 saturated carbocycles. The van der Waals surface area contributed by atoms with Gasteiger partial charge < -0.3 is 5.11 Å². The third-order valence-corrected chi connectivity index (χ3v) is 3.80. The maximum absolute atomic E-state index is 10.5. The second-order valence-corrected chi connectivity index (χ2v) is 6.06. The molecule has 0 bridgehead atoms. The zero-order valence-electron chi connectivity index (χ0n) is 11.8. The molecule has 2 N–H and O–H groups in total. The molecule has 1 aromatic heterocycles. The van der Waals surface area contributed by atoms with Gasteiger partial charge in [0.2, 0.25) is 0 Å². The van der Waals surface area contributed by atoms with Gasteiger partial charge in [0.1, 0.15) is 11.3 Å². The highest BCUT2D eigenvalue weighted by Gasteiger charge is 2.06. The highest BCUT2D eigenvalue weighted by molar-refractivity contribution is 7.85. The maximum atomic E-state index is 10.5. The molecule has 2 aromatic carbocycles. The average Bonchev–Trinajstić information content (AvgIpc) is 2.48. The molecule has 22 heavy (non-hydrogen) atoms. The van der Waals surface area contributed by atoms with Crippen LogP contribution < -0.4 is 0 Å². The highest BCUT2D eigenvalue weighted by Crippen LogP contribution is 2.20. The number of phenols is 1. The minimum absolute atomic E-state index is 0.0666. The molecule has 5 nitrogen and oxygen atoms in total. The van der Waals surface area contributed by atoms with E-state index in [1.807, 2.05) is 25.1 Å². The Morgan fingerprint density at radius 3 is 2.18 bits per heavy atom. The van der Waals surface area contributed by atoms with Gasteiger partial charge in [-0.3, -0.25) is 9.54 Å². The van der Waals surface area contributed by atoms with E-state index in [4.69, 9.17) is 4.55 Å². The summed E-state index contributed by atoms with van der Waals surface area (Å²) in [4.78, 5) is 3.96. The van der Waals surface area contributed by atoms with Crippen molar-refractivity contribution in [2.24, 2.45) is 0 Å². The van der Waals surface area contributed by atoms with Gasteiger partial charge in [0, 0.05) is 11.6 Å². The number of pyridine rings is 1. The Bertz CT molecular complexity index is 869. The number of para-hydroxylation sites is 1. The monoisotopic (exact) mass is 317 g/mol. The van der Waals surface area contributed by atoms with Crippen LogP contribution in [0.5, 0.6) is 5.75 Å². The average molecular weight is 317 g/mol. The lowest BCUT2D eigenvalue weighted by atomic mass is 10.2. The van der Waals surface area contributed by atoms with Crippen LogP contribution in [0.4, 0.5) is 0 Å². The lowest BCUT2D eigenvalue weighted by molar-refractivity contribution is 0.480. The molecule has 0 aliphatic heterocycles. The van der Waals surface area contributed by atoms with Crippen LogP contribution in [0.2, 0.25) is 0 Å². The van der Waals surface area contributed by atoms with Crippen LogP contribution in [0.1, 0.15) is 5.56 Å². The van der Waals surface area contributed by atoms with E-state index >= 15 is 0 Å². The van der Waals surface area contributed by atoms with Crippen molar-refractivity contribution in [1.82, 2.24) is 4.98 Å². The second-order valence-electron chi connectivity index (χ2n) is 4.64. The Labute approximate surface area is 128 Å². The molecule has 1 heterocycles. The van der Waals surface area contributed by atoms with Gasteiger partial charge in [-0.15, -0.1) is 0 Å². The molecule has 0 amide bonds. The van der Waals surface area contributed by atoms with E-state index in [1.54, 1.807) is 30.5 Å². The molecule has 0 aliphatic carbocycles. The predicted octanol–water partition coefficient (Wildman–Crippen LogP) is 3.18. The SMILES string of the molecule is Cc1ccc(S(=O)(=O)O)cc1.Oc1cccc2cccnc12. The van der Waals surface area contributed by atoms with Crippen molar-refractivity contribution < 1.29 is 18.1 Å². The fourth-order valence-corrected chi connectivity index (χ4v) is 2.28. The fraction of sp³-hybridized carbons (Fsp3) is 0.0625. The van der Waals surface area contributed by atoms with Crippen molar-refractivity contribution in [3.05, 3.63) is 66.4 Å². The predicted molar refractivity (Wildman–Crippen MR) is 84.4 cm³/mol. The third kappa shape index (κ3) is 4.03. The third-order valence-electron chi connectivity index (χ3n) is 2.93. The number of benzene rings is 2. The summed E-state index contributed by atoms with van der Waals surface area (Å²) in [6, 6.07) is 15.1. The van der Waals surface area contributed by atoms with E-state index in [9.17, 15) is 13.5 Å². The maximum Gasteiger partial charge on any atom is 0.294 e. The summed E-state index contributed by atoms with van der Waals surface area (Å²) in [7, 11) is -4.02. The Balaban J connectivity index is 0.000000160. The van der Waals surface area contributed by atoms with Gasteiger partial charge >= 0.3 is 0 Å². The Morgan fingerprint density at radius 1 is 0.955 bits per heavy atom. The number of fused-ring (bicyclic) bond motifs is 1. The highest BCUT2D eigenvalue weighted by atomic mass is 32.2. The first kappa shape index (κ1) is 15.9. The largest absolute Gasteiger partial charge is 0.506 e. The van der Waals surface area contributed by atoms with Crippen molar-refractivity contribution in [2.45, 2.75) is 11.8 Å². The Kier molecular flexibility index (Phi) is 4.75. The van der Waals surface area contributed by atoms with Gasteiger partial charge in [0.05, 0.1) is 4.90 Å². The van der Waals surface area contributed by atoms with Gasteiger partial charge in [-0.1, -0.05) is 35.9 Å². The Hall–Kier alpha value is -2.44. The molecule has 0 aliphatic rings. The van der Waals surface area contributed by atoms with Crippen molar-refractivity contribution in [3.63, 3.8) is 0 Å². The van der Waals surface area contributed by atoms with Crippen LogP contribution in [0.3, 0.4) is 0 Å². The van der Waals surface area contributed by atoms with E-state index in [1.165, 1.54) is 12.1 Å². The molecule has 3 rings (SSSR count). The Morgan fingerprint density at radius 2 is 1.59 bits per heavy atom. The summed E-state index contributed by atoms with van der Waals surface area (Å²) < 4.78 is 29.6. The van der Waals surface area contributed by atoms with Gasteiger partial charge in [-0.2, -0.15) is 8.42 Å². The minimum Gasteiger partial charge on any atom is -0.506 e. The molecule has 6 heteroatoms. The van der Waals surface area contributed by atoms with Crippen LogP contribution in [-0.4, -0.2) is 23.1 Å². The molecule has 114 valence electrons. The fourth-order valence-electron chi connectivity index (χ4n) is 1.80. The summed E-state index contributed by atoms with van der Waals surface area (Å²) in [5.41, 5.74) is 1.62. The summed E-state index contributed by atoms with van der Waals surface area (Å²) in [6.45, 7) is 1.84. The normalized spacial score (nSPS) is 10.8. The molecule has 0 spiro atoms. The van der Waals surface area contributed by atoms with E-state index in [0.717, 1.165) is 10.9 Å².